The maximum atomic E-state index is 12.2. The van der Waals surface area contributed by atoms with Gasteiger partial charge in [-0.25, -0.2) is 4.98 Å². The van der Waals surface area contributed by atoms with Gasteiger partial charge < -0.3 is 5.11 Å². The molecule has 3 rings (SSSR count). The molecule has 1 atom stereocenters. The van der Waals surface area contributed by atoms with Crippen LogP contribution in [0.1, 0.15) is 17.5 Å². The van der Waals surface area contributed by atoms with Crippen LogP contribution in [-0.2, 0) is 4.79 Å². The standard InChI is InChI=1S/C17H15N5O2/c1-11-19-15(13-9-5-6-10-18-13)21-17(20-11)22-16(24)14(23)12-7-3-2-4-8-12/h2-10,14,23H,1H3,(H,19,20,21,22,24). The Hall–Kier alpha value is -3.19. The SMILES string of the molecule is Cc1nc(NC(=O)C(O)c2ccccc2)nc(-c2ccccn2)n1. The average Bonchev–Trinajstić information content (AvgIpc) is 2.62. The normalized spacial score (nSPS) is 11.8. The molecule has 0 radical (unpaired) electrons. The lowest BCUT2D eigenvalue weighted by atomic mass is 10.1. The van der Waals surface area contributed by atoms with E-state index in [-0.39, 0.29) is 5.95 Å². The fraction of sp³-hybridized carbons (Fsp3) is 0.118. The van der Waals surface area contributed by atoms with E-state index in [1.54, 1.807) is 49.5 Å². The molecule has 2 N–H and O–H groups in total. The highest BCUT2D eigenvalue weighted by molar-refractivity contribution is 5.93. The van der Waals surface area contributed by atoms with Gasteiger partial charge in [-0.2, -0.15) is 9.97 Å². The van der Waals surface area contributed by atoms with E-state index in [4.69, 9.17) is 0 Å². The fourth-order valence-electron chi connectivity index (χ4n) is 2.11. The minimum Gasteiger partial charge on any atom is -0.378 e. The lowest BCUT2D eigenvalue weighted by Gasteiger charge is -2.11. The number of hydrogen-bond acceptors (Lipinski definition) is 6. The van der Waals surface area contributed by atoms with E-state index >= 15 is 0 Å². The molecule has 0 spiro atoms. The van der Waals surface area contributed by atoms with Gasteiger partial charge in [0, 0.05) is 6.20 Å². The van der Waals surface area contributed by atoms with Crippen molar-refractivity contribution in [3.8, 4) is 11.5 Å². The first kappa shape index (κ1) is 15.7. The van der Waals surface area contributed by atoms with Gasteiger partial charge >= 0.3 is 0 Å². The second-order valence-electron chi connectivity index (χ2n) is 5.05. The maximum Gasteiger partial charge on any atom is 0.260 e. The first-order valence-electron chi connectivity index (χ1n) is 7.31. The Labute approximate surface area is 138 Å². The zero-order valence-electron chi connectivity index (χ0n) is 12.9. The van der Waals surface area contributed by atoms with Crippen molar-refractivity contribution >= 4 is 11.9 Å². The molecule has 0 aliphatic carbocycles. The zero-order valence-corrected chi connectivity index (χ0v) is 12.9. The van der Waals surface area contributed by atoms with Crippen molar-refractivity contribution in [2.45, 2.75) is 13.0 Å². The summed E-state index contributed by atoms with van der Waals surface area (Å²) in [5.74, 6) is 0.254. The largest absolute Gasteiger partial charge is 0.378 e. The smallest absolute Gasteiger partial charge is 0.260 e. The Balaban J connectivity index is 1.83. The highest BCUT2D eigenvalue weighted by Gasteiger charge is 2.19. The number of pyridine rings is 1. The first-order chi connectivity index (χ1) is 11.6. The van der Waals surface area contributed by atoms with Crippen LogP contribution in [0, 0.1) is 6.92 Å². The number of carbonyl (C=O) groups is 1. The molecule has 7 nitrogen and oxygen atoms in total. The van der Waals surface area contributed by atoms with Gasteiger partial charge in [0.1, 0.15) is 11.5 Å². The number of aryl methyl sites for hydroxylation is 1. The number of aromatic nitrogens is 4. The number of hydrogen-bond donors (Lipinski definition) is 2. The number of benzene rings is 1. The molecule has 0 saturated heterocycles. The molecule has 0 bridgehead atoms. The van der Waals surface area contributed by atoms with E-state index in [2.05, 4.69) is 25.3 Å². The molecule has 120 valence electrons. The van der Waals surface area contributed by atoms with Crippen LogP contribution >= 0.6 is 0 Å². The number of nitrogens with one attached hydrogen (secondary N) is 1. The van der Waals surface area contributed by atoms with Crippen LogP contribution < -0.4 is 5.32 Å². The average molecular weight is 321 g/mol. The van der Waals surface area contributed by atoms with Crippen LogP contribution in [0.3, 0.4) is 0 Å². The minimum atomic E-state index is -1.30. The third-order valence-electron chi connectivity index (χ3n) is 3.24. The Morgan fingerprint density at radius 2 is 1.79 bits per heavy atom. The van der Waals surface area contributed by atoms with Crippen LogP contribution in [0.2, 0.25) is 0 Å². The minimum absolute atomic E-state index is 0.0723. The number of anilines is 1. The molecule has 0 fully saturated rings. The third-order valence-corrected chi connectivity index (χ3v) is 3.24. The van der Waals surface area contributed by atoms with E-state index in [9.17, 15) is 9.90 Å². The molecule has 1 unspecified atom stereocenters. The number of amides is 1. The van der Waals surface area contributed by atoms with Crippen LogP contribution in [0.15, 0.2) is 54.7 Å². The summed E-state index contributed by atoms with van der Waals surface area (Å²) in [6.45, 7) is 1.69. The Morgan fingerprint density at radius 3 is 2.50 bits per heavy atom. The van der Waals surface area contributed by atoms with Gasteiger partial charge in [0.15, 0.2) is 11.9 Å². The second kappa shape index (κ2) is 6.93. The van der Waals surface area contributed by atoms with Gasteiger partial charge in [0.05, 0.1) is 0 Å². The summed E-state index contributed by atoms with van der Waals surface area (Å²) in [5, 5.41) is 12.6. The number of aliphatic hydroxyl groups excluding tert-OH is 1. The summed E-state index contributed by atoms with van der Waals surface area (Å²) in [6, 6.07) is 14.0. The van der Waals surface area contributed by atoms with Crippen LogP contribution in [-0.4, -0.2) is 30.9 Å². The quantitative estimate of drug-likeness (QED) is 0.761. The van der Waals surface area contributed by atoms with E-state index < -0.39 is 12.0 Å². The summed E-state index contributed by atoms with van der Waals surface area (Å²) in [5.41, 5.74) is 1.06. The third kappa shape index (κ3) is 3.58. The summed E-state index contributed by atoms with van der Waals surface area (Å²) in [7, 11) is 0. The fourth-order valence-corrected chi connectivity index (χ4v) is 2.11. The highest BCUT2D eigenvalue weighted by Crippen LogP contribution is 2.16. The molecule has 2 heterocycles. The molecule has 1 amide bonds. The maximum absolute atomic E-state index is 12.2. The molecule has 2 aromatic heterocycles. The summed E-state index contributed by atoms with van der Waals surface area (Å²) in [6.07, 6.45) is 0.327. The summed E-state index contributed by atoms with van der Waals surface area (Å²) >= 11 is 0. The van der Waals surface area contributed by atoms with Crippen LogP contribution in [0.4, 0.5) is 5.95 Å². The van der Waals surface area contributed by atoms with Gasteiger partial charge in [0.25, 0.3) is 5.91 Å². The van der Waals surface area contributed by atoms with E-state index in [1.165, 1.54) is 0 Å². The van der Waals surface area contributed by atoms with Crippen molar-refractivity contribution < 1.29 is 9.90 Å². The molecule has 1 aromatic carbocycles. The molecule has 7 heteroatoms. The van der Waals surface area contributed by atoms with Crippen molar-refractivity contribution in [2.75, 3.05) is 5.32 Å². The molecular formula is C17H15N5O2. The first-order valence-corrected chi connectivity index (χ1v) is 7.31. The zero-order chi connectivity index (χ0) is 16.9. The second-order valence-corrected chi connectivity index (χ2v) is 5.05. The topological polar surface area (TPSA) is 101 Å². The van der Waals surface area contributed by atoms with Crippen LogP contribution in [0.25, 0.3) is 11.5 Å². The molecule has 24 heavy (non-hydrogen) atoms. The molecular weight excluding hydrogens is 306 g/mol. The van der Waals surface area contributed by atoms with Gasteiger partial charge in [-0.15, -0.1) is 0 Å². The molecule has 0 aliphatic heterocycles. The summed E-state index contributed by atoms with van der Waals surface area (Å²) < 4.78 is 0. The Kier molecular flexibility index (Phi) is 4.53. The van der Waals surface area contributed by atoms with Crippen molar-refractivity contribution in [2.24, 2.45) is 0 Å². The molecule has 0 saturated carbocycles. The van der Waals surface area contributed by atoms with Crippen molar-refractivity contribution in [1.29, 1.82) is 0 Å². The number of rotatable bonds is 4. The van der Waals surface area contributed by atoms with Crippen molar-refractivity contribution in [3.05, 3.63) is 66.1 Å². The Bertz CT molecular complexity index is 840. The van der Waals surface area contributed by atoms with Gasteiger partial charge in [-0.1, -0.05) is 36.4 Å². The molecule has 3 aromatic rings. The van der Waals surface area contributed by atoms with Crippen LogP contribution in [0.5, 0.6) is 0 Å². The van der Waals surface area contributed by atoms with Crippen molar-refractivity contribution in [3.63, 3.8) is 0 Å². The van der Waals surface area contributed by atoms with E-state index in [0.717, 1.165) is 0 Å². The predicted molar refractivity (Wildman–Crippen MR) is 87.8 cm³/mol. The van der Waals surface area contributed by atoms with Gasteiger partial charge in [0.2, 0.25) is 5.95 Å². The lowest BCUT2D eigenvalue weighted by Crippen LogP contribution is -2.22. The van der Waals surface area contributed by atoms with E-state index in [0.29, 0.717) is 22.9 Å². The van der Waals surface area contributed by atoms with Gasteiger partial charge in [-0.3, -0.25) is 15.1 Å². The summed E-state index contributed by atoms with van der Waals surface area (Å²) in [4.78, 5) is 28.9. The predicted octanol–water partition coefficient (Wildman–Crippen LogP) is 1.91. The molecule has 0 aliphatic rings. The highest BCUT2D eigenvalue weighted by atomic mass is 16.3. The Morgan fingerprint density at radius 1 is 1.04 bits per heavy atom. The van der Waals surface area contributed by atoms with E-state index in [1.807, 2.05) is 12.1 Å². The number of carbonyl (C=O) groups excluding carboxylic acids is 1. The lowest BCUT2D eigenvalue weighted by molar-refractivity contribution is -0.124. The number of aliphatic hydroxyl groups is 1. The number of nitrogens with zero attached hydrogens (tertiary/aromatic N) is 4. The van der Waals surface area contributed by atoms with Crippen molar-refractivity contribution in [1.82, 2.24) is 19.9 Å². The monoisotopic (exact) mass is 321 g/mol. The van der Waals surface area contributed by atoms with Gasteiger partial charge in [-0.05, 0) is 24.6 Å².